The molecule has 2 aliphatic rings. The van der Waals surface area contributed by atoms with Crippen molar-refractivity contribution in [2.75, 3.05) is 26.2 Å². The van der Waals surface area contributed by atoms with Crippen molar-refractivity contribution in [3.8, 4) is 0 Å². The van der Waals surface area contributed by atoms with Gasteiger partial charge in [-0.25, -0.2) is 4.79 Å². The Balaban J connectivity index is 1.65. The molecule has 2 rings (SSSR count). The van der Waals surface area contributed by atoms with Crippen molar-refractivity contribution in [3.63, 3.8) is 0 Å². The molecule has 1 atom stereocenters. The first kappa shape index (κ1) is 14.8. The summed E-state index contributed by atoms with van der Waals surface area (Å²) in [5.74, 6) is -0.885. The predicted molar refractivity (Wildman–Crippen MR) is 71.2 cm³/mol. The van der Waals surface area contributed by atoms with E-state index in [9.17, 15) is 4.79 Å². The molecule has 2 fully saturated rings. The molecule has 5 nitrogen and oxygen atoms in total. The lowest BCUT2D eigenvalue weighted by atomic mass is 10.0. The van der Waals surface area contributed by atoms with Crippen molar-refractivity contribution in [2.24, 2.45) is 0 Å². The quantitative estimate of drug-likeness (QED) is 0.821. The number of hydrogen-bond acceptors (Lipinski definition) is 4. The highest BCUT2D eigenvalue weighted by Gasteiger charge is 2.33. The van der Waals surface area contributed by atoms with Crippen LogP contribution in [-0.2, 0) is 14.3 Å². The first-order chi connectivity index (χ1) is 8.94. The average Bonchev–Trinajstić information content (AvgIpc) is 2.68. The van der Waals surface area contributed by atoms with Gasteiger partial charge in [0, 0.05) is 19.6 Å². The summed E-state index contributed by atoms with van der Waals surface area (Å²) < 4.78 is 11.3. The number of rotatable bonds is 5. The standard InChI is InChI=1S/C14H25NO4/c1-14(2)6-3-12(19-14)9-15-7-4-11(5-8-15)18-10-13(16)17/h11-12H,3-10H2,1-2H3,(H,16,17). The fraction of sp³-hybridized carbons (Fsp3) is 0.929. The summed E-state index contributed by atoms with van der Waals surface area (Å²) in [7, 11) is 0. The Bertz CT molecular complexity index is 311. The van der Waals surface area contributed by atoms with E-state index in [-0.39, 0.29) is 18.3 Å². The van der Waals surface area contributed by atoms with Crippen molar-refractivity contribution in [1.82, 2.24) is 4.90 Å². The first-order valence-electron chi connectivity index (χ1n) is 7.18. The molecule has 19 heavy (non-hydrogen) atoms. The molecule has 110 valence electrons. The number of carbonyl (C=O) groups is 1. The minimum absolute atomic E-state index is 0.0353. The van der Waals surface area contributed by atoms with Gasteiger partial charge in [0.2, 0.25) is 0 Å². The smallest absolute Gasteiger partial charge is 0.329 e. The summed E-state index contributed by atoms with van der Waals surface area (Å²) in [6.45, 7) is 7.08. The minimum Gasteiger partial charge on any atom is -0.480 e. The van der Waals surface area contributed by atoms with Crippen LogP contribution in [0.5, 0.6) is 0 Å². The lowest BCUT2D eigenvalue weighted by molar-refractivity contribution is -0.145. The van der Waals surface area contributed by atoms with Crippen LogP contribution in [0.25, 0.3) is 0 Å². The maximum Gasteiger partial charge on any atom is 0.329 e. The highest BCUT2D eigenvalue weighted by Crippen LogP contribution is 2.30. The molecule has 1 N–H and O–H groups in total. The predicted octanol–water partition coefficient (Wildman–Crippen LogP) is 1.51. The lowest BCUT2D eigenvalue weighted by Gasteiger charge is -2.33. The van der Waals surface area contributed by atoms with Gasteiger partial charge in [0.1, 0.15) is 6.61 Å². The fourth-order valence-corrected chi connectivity index (χ4v) is 2.94. The highest BCUT2D eigenvalue weighted by molar-refractivity contribution is 5.68. The molecule has 0 aromatic carbocycles. The van der Waals surface area contributed by atoms with Gasteiger partial charge in [-0.3, -0.25) is 0 Å². The second-order valence-electron chi connectivity index (χ2n) is 6.24. The van der Waals surface area contributed by atoms with Gasteiger partial charge in [0.15, 0.2) is 0 Å². The molecular formula is C14H25NO4. The first-order valence-corrected chi connectivity index (χ1v) is 7.18. The van der Waals surface area contributed by atoms with Crippen molar-refractivity contribution in [1.29, 1.82) is 0 Å². The molecule has 0 amide bonds. The molecule has 0 spiro atoms. The third-order valence-electron chi connectivity index (χ3n) is 3.99. The van der Waals surface area contributed by atoms with Gasteiger partial charge in [-0.2, -0.15) is 0 Å². The SMILES string of the molecule is CC1(C)CCC(CN2CCC(OCC(=O)O)CC2)O1. The Morgan fingerprint density at radius 1 is 1.37 bits per heavy atom. The van der Waals surface area contributed by atoms with E-state index in [2.05, 4.69) is 18.7 Å². The summed E-state index contributed by atoms with van der Waals surface area (Å²) in [6, 6.07) is 0. The van der Waals surface area contributed by atoms with Crippen LogP contribution in [-0.4, -0.2) is 60.0 Å². The molecule has 0 radical (unpaired) electrons. The Labute approximate surface area is 114 Å². The van der Waals surface area contributed by atoms with Crippen LogP contribution >= 0.6 is 0 Å². The normalized spacial score (nSPS) is 28.6. The molecule has 2 heterocycles. The van der Waals surface area contributed by atoms with Crippen molar-refractivity contribution in [3.05, 3.63) is 0 Å². The summed E-state index contributed by atoms with van der Waals surface area (Å²) in [4.78, 5) is 12.9. The van der Waals surface area contributed by atoms with E-state index in [4.69, 9.17) is 14.6 Å². The summed E-state index contributed by atoms with van der Waals surface area (Å²) >= 11 is 0. The zero-order chi connectivity index (χ0) is 13.9. The highest BCUT2D eigenvalue weighted by atomic mass is 16.5. The Hall–Kier alpha value is -0.650. The largest absolute Gasteiger partial charge is 0.480 e. The number of carboxylic acids is 1. The summed E-state index contributed by atoms with van der Waals surface area (Å²) in [6.07, 6.45) is 4.57. The third-order valence-corrected chi connectivity index (χ3v) is 3.99. The van der Waals surface area contributed by atoms with E-state index in [0.717, 1.165) is 45.3 Å². The number of carboxylic acid groups (broad SMARTS) is 1. The monoisotopic (exact) mass is 271 g/mol. The zero-order valence-electron chi connectivity index (χ0n) is 11.9. The Kier molecular flexibility index (Phi) is 4.81. The lowest BCUT2D eigenvalue weighted by Crippen LogP contribution is -2.41. The van der Waals surface area contributed by atoms with Gasteiger partial charge in [-0.15, -0.1) is 0 Å². The average molecular weight is 271 g/mol. The maximum atomic E-state index is 10.4. The zero-order valence-corrected chi connectivity index (χ0v) is 11.9. The number of ether oxygens (including phenoxy) is 2. The molecule has 5 heteroatoms. The third kappa shape index (κ3) is 4.75. The topological polar surface area (TPSA) is 59.0 Å². The van der Waals surface area contributed by atoms with E-state index in [1.165, 1.54) is 0 Å². The van der Waals surface area contributed by atoms with Crippen molar-refractivity contribution < 1.29 is 19.4 Å². The van der Waals surface area contributed by atoms with Gasteiger partial charge in [0.25, 0.3) is 0 Å². The minimum atomic E-state index is -0.885. The van der Waals surface area contributed by atoms with E-state index in [0.29, 0.717) is 6.10 Å². The van der Waals surface area contributed by atoms with Crippen LogP contribution in [0.3, 0.4) is 0 Å². The molecule has 2 saturated heterocycles. The number of likely N-dealkylation sites (tertiary alicyclic amines) is 1. The molecule has 0 aromatic rings. The van der Waals surface area contributed by atoms with Gasteiger partial charge < -0.3 is 19.5 Å². The second-order valence-corrected chi connectivity index (χ2v) is 6.24. The van der Waals surface area contributed by atoms with E-state index >= 15 is 0 Å². The van der Waals surface area contributed by atoms with Crippen molar-refractivity contribution >= 4 is 5.97 Å². The molecule has 0 bridgehead atoms. The Morgan fingerprint density at radius 3 is 2.58 bits per heavy atom. The van der Waals surface area contributed by atoms with Crippen LogP contribution in [0.1, 0.15) is 39.5 Å². The van der Waals surface area contributed by atoms with Gasteiger partial charge >= 0.3 is 5.97 Å². The van der Waals surface area contributed by atoms with Crippen LogP contribution in [0.4, 0.5) is 0 Å². The second kappa shape index (κ2) is 6.20. The molecule has 0 aromatic heterocycles. The molecule has 2 aliphatic heterocycles. The van der Waals surface area contributed by atoms with Gasteiger partial charge in [-0.05, 0) is 39.5 Å². The van der Waals surface area contributed by atoms with Crippen LogP contribution in [0, 0.1) is 0 Å². The van der Waals surface area contributed by atoms with Gasteiger partial charge in [-0.1, -0.05) is 0 Å². The summed E-state index contributed by atoms with van der Waals surface area (Å²) in [5, 5.41) is 8.58. The van der Waals surface area contributed by atoms with Crippen LogP contribution in [0.2, 0.25) is 0 Å². The van der Waals surface area contributed by atoms with Crippen LogP contribution < -0.4 is 0 Å². The van der Waals surface area contributed by atoms with Gasteiger partial charge in [0.05, 0.1) is 17.8 Å². The Morgan fingerprint density at radius 2 is 2.05 bits per heavy atom. The van der Waals surface area contributed by atoms with E-state index in [1.807, 2.05) is 0 Å². The fourth-order valence-electron chi connectivity index (χ4n) is 2.94. The number of piperidine rings is 1. The molecule has 1 unspecified atom stereocenters. The van der Waals surface area contributed by atoms with Crippen LogP contribution in [0.15, 0.2) is 0 Å². The van der Waals surface area contributed by atoms with E-state index in [1.54, 1.807) is 0 Å². The maximum absolute atomic E-state index is 10.4. The number of nitrogens with zero attached hydrogens (tertiary/aromatic N) is 1. The number of hydrogen-bond donors (Lipinski definition) is 1. The molecule has 0 saturated carbocycles. The molecular weight excluding hydrogens is 246 g/mol. The van der Waals surface area contributed by atoms with Crippen molar-refractivity contribution in [2.45, 2.75) is 57.3 Å². The number of aliphatic carboxylic acids is 1. The summed E-state index contributed by atoms with van der Waals surface area (Å²) in [5.41, 5.74) is 0.0353. The molecule has 0 aliphatic carbocycles. The van der Waals surface area contributed by atoms with E-state index < -0.39 is 5.97 Å².